The second-order valence-corrected chi connectivity index (χ2v) is 6.76. The molecule has 0 aliphatic carbocycles. The number of hydrogen-bond acceptors (Lipinski definition) is 6. The number of aliphatic imine (C=N–C) groups is 1. The van der Waals surface area contributed by atoms with Crippen LogP contribution in [-0.2, 0) is 0 Å². The topological polar surface area (TPSA) is 84.8 Å². The van der Waals surface area contributed by atoms with Crippen molar-refractivity contribution in [3.05, 3.63) is 48.0 Å². The van der Waals surface area contributed by atoms with Crippen LogP contribution in [0.15, 0.2) is 47.5 Å². The molecule has 0 bridgehead atoms. The molecule has 0 aliphatic heterocycles. The molecule has 0 radical (unpaired) electrons. The van der Waals surface area contributed by atoms with E-state index in [2.05, 4.69) is 10.3 Å². The van der Waals surface area contributed by atoms with E-state index in [1.165, 1.54) is 0 Å². The van der Waals surface area contributed by atoms with E-state index in [1.807, 2.05) is 43.1 Å². The van der Waals surface area contributed by atoms with Gasteiger partial charge in [0.1, 0.15) is 35.7 Å². The Morgan fingerprint density at radius 1 is 1.00 bits per heavy atom. The lowest BCUT2D eigenvalue weighted by Gasteiger charge is -2.23. The van der Waals surface area contributed by atoms with Gasteiger partial charge in [-0.05, 0) is 49.4 Å². The van der Waals surface area contributed by atoms with E-state index in [-0.39, 0.29) is 6.54 Å². The quantitative estimate of drug-likeness (QED) is 0.418. The minimum atomic E-state index is -0.831. The van der Waals surface area contributed by atoms with Crippen molar-refractivity contribution in [3.63, 3.8) is 0 Å². The monoisotopic (exact) mass is 431 g/mol. The zero-order valence-electron chi connectivity index (χ0n) is 18.9. The number of likely N-dealkylation sites (N-methyl/N-ethyl adjacent to an activating group) is 1. The molecule has 1 atom stereocenters. The summed E-state index contributed by atoms with van der Waals surface area (Å²) in [4.78, 5) is 6.54. The number of guanidine groups is 1. The normalized spacial score (nSPS) is 12.1. The molecule has 0 saturated carbocycles. The van der Waals surface area contributed by atoms with Crippen molar-refractivity contribution in [2.24, 2.45) is 4.99 Å². The second kappa shape index (κ2) is 12.5. The maximum atomic E-state index is 10.7. The molecule has 0 spiro atoms. The van der Waals surface area contributed by atoms with Gasteiger partial charge in [0.2, 0.25) is 0 Å². The summed E-state index contributed by atoms with van der Waals surface area (Å²) in [6.45, 7) is 3.99. The van der Waals surface area contributed by atoms with E-state index in [4.69, 9.17) is 18.9 Å². The molecule has 31 heavy (non-hydrogen) atoms. The van der Waals surface area contributed by atoms with Crippen molar-refractivity contribution in [1.82, 2.24) is 10.2 Å². The van der Waals surface area contributed by atoms with Crippen LogP contribution in [0.2, 0.25) is 0 Å². The van der Waals surface area contributed by atoms with Gasteiger partial charge in [-0.15, -0.1) is 0 Å². The molecule has 0 heterocycles. The SMILES string of the molecule is CCNC(=NCC(O)c1cc(OC)ccc1OC)N(C)CCOc1ccc(OC)cc1. The van der Waals surface area contributed by atoms with E-state index in [1.54, 1.807) is 39.5 Å². The molecule has 0 fully saturated rings. The summed E-state index contributed by atoms with van der Waals surface area (Å²) in [5.41, 5.74) is 0.631. The Morgan fingerprint density at radius 2 is 1.65 bits per heavy atom. The van der Waals surface area contributed by atoms with Crippen LogP contribution in [0.3, 0.4) is 0 Å². The van der Waals surface area contributed by atoms with Crippen molar-refractivity contribution >= 4 is 5.96 Å². The van der Waals surface area contributed by atoms with Gasteiger partial charge in [-0.1, -0.05) is 0 Å². The van der Waals surface area contributed by atoms with Crippen LogP contribution >= 0.6 is 0 Å². The summed E-state index contributed by atoms with van der Waals surface area (Å²) >= 11 is 0. The van der Waals surface area contributed by atoms with Crippen LogP contribution in [0.25, 0.3) is 0 Å². The molecule has 0 amide bonds. The fourth-order valence-electron chi connectivity index (χ4n) is 2.92. The number of aliphatic hydroxyl groups is 1. The number of rotatable bonds is 11. The lowest BCUT2D eigenvalue weighted by atomic mass is 10.1. The lowest BCUT2D eigenvalue weighted by molar-refractivity contribution is 0.181. The molecule has 2 rings (SSSR count). The van der Waals surface area contributed by atoms with Crippen LogP contribution in [-0.4, -0.2) is 70.6 Å². The summed E-state index contributed by atoms with van der Waals surface area (Å²) < 4.78 is 21.6. The minimum Gasteiger partial charge on any atom is -0.497 e. The molecule has 0 aromatic heterocycles. The fraction of sp³-hybridized carbons (Fsp3) is 0.435. The van der Waals surface area contributed by atoms with E-state index in [0.717, 1.165) is 11.5 Å². The van der Waals surface area contributed by atoms with Crippen LogP contribution in [0.5, 0.6) is 23.0 Å². The van der Waals surface area contributed by atoms with Crippen LogP contribution in [0, 0.1) is 0 Å². The number of ether oxygens (including phenoxy) is 4. The predicted octanol–water partition coefficient (Wildman–Crippen LogP) is 2.72. The van der Waals surface area contributed by atoms with Gasteiger partial charge < -0.3 is 34.3 Å². The van der Waals surface area contributed by atoms with Crippen molar-refractivity contribution in [2.75, 3.05) is 54.6 Å². The average molecular weight is 432 g/mol. The molecule has 8 nitrogen and oxygen atoms in total. The Morgan fingerprint density at radius 3 is 2.26 bits per heavy atom. The Balaban J connectivity index is 1.98. The van der Waals surface area contributed by atoms with Gasteiger partial charge in [0.25, 0.3) is 0 Å². The Labute approximate surface area is 184 Å². The third kappa shape index (κ3) is 7.25. The second-order valence-electron chi connectivity index (χ2n) is 6.76. The maximum absolute atomic E-state index is 10.7. The van der Waals surface area contributed by atoms with Crippen molar-refractivity contribution in [2.45, 2.75) is 13.0 Å². The zero-order valence-corrected chi connectivity index (χ0v) is 18.9. The smallest absolute Gasteiger partial charge is 0.193 e. The number of nitrogens with one attached hydrogen (secondary N) is 1. The van der Waals surface area contributed by atoms with E-state index >= 15 is 0 Å². The minimum absolute atomic E-state index is 0.176. The first-order valence-corrected chi connectivity index (χ1v) is 10.2. The standard InChI is InChI=1S/C23H33N3O5/c1-6-24-23(26(2)13-14-31-18-9-7-17(28-3)8-10-18)25-16-21(27)20-15-19(29-4)11-12-22(20)30-5/h7-12,15,21,27H,6,13-14,16H2,1-5H3,(H,24,25). The van der Waals surface area contributed by atoms with Gasteiger partial charge in [-0.2, -0.15) is 0 Å². The first kappa shape index (κ1) is 24.1. The Kier molecular flexibility index (Phi) is 9.77. The highest BCUT2D eigenvalue weighted by molar-refractivity contribution is 5.79. The van der Waals surface area contributed by atoms with Gasteiger partial charge in [0, 0.05) is 19.2 Å². The highest BCUT2D eigenvalue weighted by Crippen LogP contribution is 2.29. The predicted molar refractivity (Wildman–Crippen MR) is 122 cm³/mol. The highest BCUT2D eigenvalue weighted by atomic mass is 16.5. The molecule has 0 saturated heterocycles. The van der Waals surface area contributed by atoms with E-state index in [0.29, 0.717) is 42.7 Å². The third-order valence-electron chi connectivity index (χ3n) is 4.66. The number of nitrogens with zero attached hydrogens (tertiary/aromatic N) is 2. The summed E-state index contributed by atoms with van der Waals surface area (Å²) in [5, 5.41) is 13.9. The van der Waals surface area contributed by atoms with Crippen LogP contribution < -0.4 is 24.3 Å². The largest absolute Gasteiger partial charge is 0.497 e. The fourth-order valence-corrected chi connectivity index (χ4v) is 2.92. The molecular formula is C23H33N3O5. The molecule has 8 heteroatoms. The number of methoxy groups -OCH3 is 3. The highest BCUT2D eigenvalue weighted by Gasteiger charge is 2.15. The van der Waals surface area contributed by atoms with Gasteiger partial charge in [0.15, 0.2) is 5.96 Å². The number of aliphatic hydroxyl groups excluding tert-OH is 1. The van der Waals surface area contributed by atoms with Gasteiger partial charge in [-0.3, -0.25) is 4.99 Å². The summed E-state index contributed by atoms with van der Waals surface area (Å²) in [5.74, 6) is 3.49. The van der Waals surface area contributed by atoms with Crippen molar-refractivity contribution < 1.29 is 24.1 Å². The molecule has 2 aromatic carbocycles. The Bertz CT molecular complexity index is 826. The molecule has 2 N–H and O–H groups in total. The maximum Gasteiger partial charge on any atom is 0.193 e. The van der Waals surface area contributed by atoms with Gasteiger partial charge in [0.05, 0.1) is 34.4 Å². The average Bonchev–Trinajstić information content (AvgIpc) is 2.81. The Hall–Kier alpha value is -3.13. The summed E-state index contributed by atoms with van der Waals surface area (Å²) in [6, 6.07) is 12.8. The van der Waals surface area contributed by atoms with Gasteiger partial charge >= 0.3 is 0 Å². The summed E-state index contributed by atoms with van der Waals surface area (Å²) in [7, 11) is 6.72. The van der Waals surface area contributed by atoms with Crippen molar-refractivity contribution in [3.8, 4) is 23.0 Å². The molecule has 0 aliphatic rings. The molecule has 2 aromatic rings. The molecular weight excluding hydrogens is 398 g/mol. The molecule has 1 unspecified atom stereocenters. The van der Waals surface area contributed by atoms with E-state index < -0.39 is 6.10 Å². The zero-order chi connectivity index (χ0) is 22.6. The first-order valence-electron chi connectivity index (χ1n) is 10.2. The number of benzene rings is 2. The van der Waals surface area contributed by atoms with Gasteiger partial charge in [-0.25, -0.2) is 0 Å². The third-order valence-corrected chi connectivity index (χ3v) is 4.66. The lowest BCUT2D eigenvalue weighted by Crippen LogP contribution is -2.41. The van der Waals surface area contributed by atoms with E-state index in [9.17, 15) is 5.11 Å². The van der Waals surface area contributed by atoms with Crippen LogP contribution in [0.1, 0.15) is 18.6 Å². The number of hydrogen-bond donors (Lipinski definition) is 2. The van der Waals surface area contributed by atoms with Crippen molar-refractivity contribution in [1.29, 1.82) is 0 Å². The first-order chi connectivity index (χ1) is 15.0. The molecule has 170 valence electrons. The summed E-state index contributed by atoms with van der Waals surface area (Å²) in [6.07, 6.45) is -0.831. The van der Waals surface area contributed by atoms with Crippen LogP contribution in [0.4, 0.5) is 0 Å².